The molecule has 0 atom stereocenters. The maximum absolute atomic E-state index is 13.1. The van der Waals surface area contributed by atoms with Crippen molar-refractivity contribution in [1.82, 2.24) is 9.66 Å². The highest BCUT2D eigenvalue weighted by molar-refractivity contribution is 7.18. The first-order valence-electron chi connectivity index (χ1n) is 10.2. The summed E-state index contributed by atoms with van der Waals surface area (Å²) in [7, 11) is 0. The van der Waals surface area contributed by atoms with Crippen LogP contribution in [0.15, 0.2) is 34.4 Å². The van der Waals surface area contributed by atoms with Crippen molar-refractivity contribution in [3.63, 3.8) is 0 Å². The van der Waals surface area contributed by atoms with Crippen molar-refractivity contribution in [2.75, 3.05) is 18.0 Å². The van der Waals surface area contributed by atoms with Gasteiger partial charge >= 0.3 is 0 Å². The number of aryl methyl sites for hydroxylation is 2. The first-order chi connectivity index (χ1) is 14.6. The lowest BCUT2D eigenvalue weighted by molar-refractivity contribution is -0.384. The fourth-order valence-corrected chi connectivity index (χ4v) is 5.57. The van der Waals surface area contributed by atoms with Gasteiger partial charge in [0.15, 0.2) is 0 Å². The van der Waals surface area contributed by atoms with Crippen LogP contribution in [-0.2, 0) is 12.8 Å². The summed E-state index contributed by atoms with van der Waals surface area (Å²) in [6.07, 6.45) is 9.32. The van der Waals surface area contributed by atoms with Gasteiger partial charge < -0.3 is 4.90 Å². The quantitative estimate of drug-likeness (QED) is 0.362. The fourth-order valence-electron chi connectivity index (χ4n) is 4.35. The Labute approximate surface area is 176 Å². The smallest absolute Gasteiger partial charge is 0.282 e. The zero-order valence-electron chi connectivity index (χ0n) is 16.4. The van der Waals surface area contributed by atoms with Crippen LogP contribution >= 0.6 is 11.3 Å². The Morgan fingerprint density at radius 2 is 1.97 bits per heavy atom. The molecule has 0 radical (unpaired) electrons. The summed E-state index contributed by atoms with van der Waals surface area (Å²) < 4.78 is 1.25. The van der Waals surface area contributed by atoms with E-state index in [0.29, 0.717) is 10.9 Å². The standard InChI is InChI=1S/C21H21N5O3S/c27-21-19-16-5-1-2-6-18(16)30-20(19)22-13-25(21)23-12-14-11-15(26(28)29)7-8-17(14)24-9-3-4-10-24/h7-8,11-13H,1-6,9-10H2/b23-12-. The molecular weight excluding hydrogens is 402 g/mol. The highest BCUT2D eigenvalue weighted by atomic mass is 32.1. The van der Waals surface area contributed by atoms with E-state index in [2.05, 4.69) is 15.0 Å². The molecule has 0 spiro atoms. The summed E-state index contributed by atoms with van der Waals surface area (Å²) >= 11 is 1.60. The van der Waals surface area contributed by atoms with E-state index in [1.807, 2.05) is 0 Å². The number of non-ortho nitro benzene ring substituents is 1. The molecule has 0 unspecified atom stereocenters. The van der Waals surface area contributed by atoms with Crippen molar-refractivity contribution in [2.45, 2.75) is 38.5 Å². The molecule has 0 amide bonds. The van der Waals surface area contributed by atoms with E-state index in [0.717, 1.165) is 67.7 Å². The zero-order chi connectivity index (χ0) is 20.7. The van der Waals surface area contributed by atoms with Crippen LogP contribution in [-0.4, -0.2) is 33.9 Å². The third kappa shape index (κ3) is 3.28. The normalized spacial score (nSPS) is 16.5. The van der Waals surface area contributed by atoms with E-state index in [-0.39, 0.29) is 11.2 Å². The Morgan fingerprint density at radius 1 is 1.17 bits per heavy atom. The molecule has 0 bridgehead atoms. The molecule has 30 heavy (non-hydrogen) atoms. The first-order valence-corrected chi connectivity index (χ1v) is 11.0. The molecule has 0 saturated carbocycles. The number of nitrogens with zero attached hydrogens (tertiary/aromatic N) is 5. The summed E-state index contributed by atoms with van der Waals surface area (Å²) in [5.41, 5.74) is 2.48. The van der Waals surface area contributed by atoms with Crippen LogP contribution in [0, 0.1) is 10.1 Å². The molecule has 0 N–H and O–H groups in total. The van der Waals surface area contributed by atoms with E-state index in [9.17, 15) is 14.9 Å². The topological polar surface area (TPSA) is 93.6 Å². The van der Waals surface area contributed by atoms with Gasteiger partial charge in [-0.05, 0) is 50.2 Å². The minimum atomic E-state index is -0.414. The summed E-state index contributed by atoms with van der Waals surface area (Å²) in [4.78, 5) is 32.6. The molecule has 1 aliphatic heterocycles. The third-order valence-corrected chi connectivity index (χ3v) is 7.05. The highest BCUT2D eigenvalue weighted by Gasteiger charge is 2.21. The van der Waals surface area contributed by atoms with Crippen molar-refractivity contribution < 1.29 is 4.92 Å². The van der Waals surface area contributed by atoms with Crippen LogP contribution < -0.4 is 10.5 Å². The number of nitro benzene ring substituents is 1. The average molecular weight is 423 g/mol. The van der Waals surface area contributed by atoms with Gasteiger partial charge in [-0.15, -0.1) is 11.3 Å². The molecule has 2 aromatic heterocycles. The summed E-state index contributed by atoms with van der Waals surface area (Å²) in [6, 6.07) is 4.80. The van der Waals surface area contributed by atoms with E-state index >= 15 is 0 Å². The predicted octanol–water partition coefficient (Wildman–Crippen LogP) is 3.73. The van der Waals surface area contributed by atoms with Crippen molar-refractivity contribution in [1.29, 1.82) is 0 Å². The first kappa shape index (κ1) is 18.9. The maximum atomic E-state index is 13.1. The number of hydrogen-bond acceptors (Lipinski definition) is 7. The fraction of sp³-hybridized carbons (Fsp3) is 0.381. The van der Waals surface area contributed by atoms with Crippen LogP contribution in [0.1, 0.15) is 41.7 Å². The molecule has 9 heteroatoms. The van der Waals surface area contributed by atoms with Gasteiger partial charge in [0.2, 0.25) is 0 Å². The lowest BCUT2D eigenvalue weighted by atomic mass is 9.97. The molecule has 2 aliphatic rings. The van der Waals surface area contributed by atoms with Gasteiger partial charge in [0.1, 0.15) is 11.2 Å². The molecule has 1 aliphatic carbocycles. The van der Waals surface area contributed by atoms with E-state index in [1.54, 1.807) is 17.4 Å². The van der Waals surface area contributed by atoms with Crippen molar-refractivity contribution in [3.05, 3.63) is 61.0 Å². The monoisotopic (exact) mass is 423 g/mol. The SMILES string of the molecule is O=c1c2c3c(sc2ncn1/N=C\c1cc([N+](=O)[O-])ccc1N1CCCC1)CCCC3. The van der Waals surface area contributed by atoms with Gasteiger partial charge in [0.05, 0.1) is 16.5 Å². The molecule has 5 rings (SSSR count). The number of hydrogen-bond donors (Lipinski definition) is 0. The van der Waals surface area contributed by atoms with Gasteiger partial charge in [-0.1, -0.05) is 0 Å². The molecule has 8 nitrogen and oxygen atoms in total. The maximum Gasteiger partial charge on any atom is 0.282 e. The number of anilines is 1. The molecule has 3 heterocycles. The van der Waals surface area contributed by atoms with Gasteiger partial charge in [0, 0.05) is 41.4 Å². The lowest BCUT2D eigenvalue weighted by Crippen LogP contribution is -2.20. The predicted molar refractivity (Wildman–Crippen MR) is 118 cm³/mol. The van der Waals surface area contributed by atoms with Crippen molar-refractivity contribution in [2.24, 2.45) is 5.10 Å². The molecule has 1 saturated heterocycles. The molecular formula is C21H21N5O3S. The number of fused-ring (bicyclic) bond motifs is 3. The van der Waals surface area contributed by atoms with Crippen LogP contribution in [0.5, 0.6) is 0 Å². The minimum absolute atomic E-state index is 0.00669. The molecule has 1 aromatic carbocycles. The van der Waals surface area contributed by atoms with Crippen LogP contribution in [0.25, 0.3) is 10.2 Å². The number of nitro groups is 1. The Morgan fingerprint density at radius 3 is 2.77 bits per heavy atom. The number of thiophene rings is 1. The van der Waals surface area contributed by atoms with E-state index in [1.165, 1.54) is 34.2 Å². The summed E-state index contributed by atoms with van der Waals surface area (Å²) in [6.45, 7) is 1.82. The van der Waals surface area contributed by atoms with Crippen LogP contribution in [0.3, 0.4) is 0 Å². The Bertz CT molecular complexity index is 1220. The Kier molecular flexibility index (Phi) is 4.82. The zero-order valence-corrected chi connectivity index (χ0v) is 17.2. The number of benzene rings is 1. The molecule has 1 fully saturated rings. The average Bonchev–Trinajstić information content (AvgIpc) is 3.41. The van der Waals surface area contributed by atoms with Crippen LogP contribution in [0.4, 0.5) is 11.4 Å². The number of aromatic nitrogens is 2. The summed E-state index contributed by atoms with van der Waals surface area (Å²) in [5, 5.41) is 16.3. The van der Waals surface area contributed by atoms with Gasteiger partial charge in [-0.2, -0.15) is 9.78 Å². The van der Waals surface area contributed by atoms with E-state index < -0.39 is 4.92 Å². The molecule has 154 valence electrons. The second-order valence-corrected chi connectivity index (χ2v) is 8.81. The van der Waals surface area contributed by atoms with E-state index in [4.69, 9.17) is 0 Å². The highest BCUT2D eigenvalue weighted by Crippen LogP contribution is 2.33. The largest absolute Gasteiger partial charge is 0.371 e. The Balaban J connectivity index is 1.57. The second-order valence-electron chi connectivity index (χ2n) is 7.72. The van der Waals surface area contributed by atoms with Gasteiger partial charge in [0.25, 0.3) is 11.2 Å². The minimum Gasteiger partial charge on any atom is -0.371 e. The van der Waals surface area contributed by atoms with Crippen molar-refractivity contribution in [3.8, 4) is 0 Å². The van der Waals surface area contributed by atoms with Crippen molar-refractivity contribution >= 4 is 39.1 Å². The van der Waals surface area contributed by atoms with Gasteiger partial charge in [-0.3, -0.25) is 14.9 Å². The Hall–Kier alpha value is -3.07. The van der Waals surface area contributed by atoms with Crippen LogP contribution in [0.2, 0.25) is 0 Å². The third-order valence-electron chi connectivity index (χ3n) is 5.85. The number of rotatable bonds is 4. The second kappa shape index (κ2) is 7.64. The van der Waals surface area contributed by atoms with Gasteiger partial charge in [-0.25, -0.2) is 4.98 Å². The summed E-state index contributed by atoms with van der Waals surface area (Å²) in [5.74, 6) is 0. The lowest BCUT2D eigenvalue weighted by Gasteiger charge is -2.19. The molecule has 3 aromatic rings.